The van der Waals surface area contributed by atoms with Crippen molar-refractivity contribution in [2.45, 2.75) is 73.9 Å². The van der Waals surface area contributed by atoms with Crippen molar-refractivity contribution in [2.75, 3.05) is 0 Å². The van der Waals surface area contributed by atoms with E-state index in [1.807, 2.05) is 0 Å². The van der Waals surface area contributed by atoms with E-state index in [1.54, 1.807) is 0 Å². The predicted molar refractivity (Wildman–Crippen MR) is 147 cm³/mol. The average molecular weight is 619 g/mol. The minimum absolute atomic E-state index is 0. The van der Waals surface area contributed by atoms with Crippen LogP contribution in [0.25, 0.3) is 21.9 Å². The number of fused-ring (bicyclic) bond motifs is 1. The molecule has 0 saturated heterocycles. The van der Waals surface area contributed by atoms with Crippen molar-refractivity contribution in [3.63, 3.8) is 0 Å². The summed E-state index contributed by atoms with van der Waals surface area (Å²) in [5.41, 5.74) is 11.3. The van der Waals surface area contributed by atoms with E-state index in [0.717, 1.165) is 9.52 Å². The molecule has 0 fully saturated rings. The number of aryl methyl sites for hydroxylation is 3. The third-order valence-electron chi connectivity index (χ3n) is 6.14. The molecule has 2 heteroatoms. The van der Waals surface area contributed by atoms with Crippen LogP contribution in [0, 0.1) is 34.6 Å². The molecule has 0 saturated carbocycles. The first-order valence-corrected chi connectivity index (χ1v) is 13.5. The van der Waals surface area contributed by atoms with E-state index in [-0.39, 0.29) is 31.3 Å². The SMILES string of the molecule is C[Si]C.Cc1[cH-]c(C)c(C)c1C.Cc1cc2c(-c3ccc(C(C)(C)C)cc3)cccc2[cH-]1.[Hf]. The van der Waals surface area contributed by atoms with Gasteiger partial charge in [0, 0.05) is 35.4 Å². The number of hydrogen-bond acceptors (Lipinski definition) is 0. The third-order valence-corrected chi connectivity index (χ3v) is 6.14. The van der Waals surface area contributed by atoms with Crippen LogP contribution in [0.1, 0.15) is 54.2 Å². The van der Waals surface area contributed by atoms with Crippen molar-refractivity contribution in [1.82, 2.24) is 0 Å². The maximum absolute atomic E-state index is 2.28. The molecule has 0 nitrogen and oxygen atoms in total. The quantitative estimate of drug-likeness (QED) is 0.147. The summed E-state index contributed by atoms with van der Waals surface area (Å²) in [7, 11) is 1.08. The summed E-state index contributed by atoms with van der Waals surface area (Å²) in [6, 6.07) is 22.3. The van der Waals surface area contributed by atoms with Crippen LogP contribution in [0.15, 0.2) is 60.7 Å². The Morgan fingerprint density at radius 3 is 1.67 bits per heavy atom. The molecule has 4 aromatic carbocycles. The fraction of sp³-hybridized carbons (Fsp3) is 0.355. The van der Waals surface area contributed by atoms with E-state index < -0.39 is 0 Å². The molecule has 2 radical (unpaired) electrons. The first-order valence-electron chi connectivity index (χ1n) is 11.5. The third kappa shape index (κ3) is 7.75. The van der Waals surface area contributed by atoms with Crippen molar-refractivity contribution in [3.8, 4) is 11.1 Å². The van der Waals surface area contributed by atoms with Crippen molar-refractivity contribution in [2.24, 2.45) is 0 Å². The Morgan fingerprint density at radius 2 is 1.24 bits per heavy atom. The smallest absolute Gasteiger partial charge is 0.0307 e. The van der Waals surface area contributed by atoms with Gasteiger partial charge in [0.2, 0.25) is 0 Å². The predicted octanol–water partition coefficient (Wildman–Crippen LogP) is 9.26. The van der Waals surface area contributed by atoms with Gasteiger partial charge in [-0.2, -0.15) is 34.4 Å². The molecule has 0 aliphatic heterocycles. The number of benzene rings is 2. The van der Waals surface area contributed by atoms with Gasteiger partial charge in [-0.3, -0.25) is 0 Å². The normalized spacial score (nSPS) is 10.6. The Bertz CT molecular complexity index is 1110. The first-order chi connectivity index (χ1) is 15.0. The zero-order valence-corrected chi connectivity index (χ0v) is 26.9. The Balaban J connectivity index is 0.000000352. The van der Waals surface area contributed by atoms with Crippen molar-refractivity contribution in [3.05, 3.63) is 94.0 Å². The van der Waals surface area contributed by atoms with E-state index in [0.29, 0.717) is 0 Å². The molecule has 0 aliphatic rings. The molecule has 4 aromatic rings. The van der Waals surface area contributed by atoms with Gasteiger partial charge in [0.25, 0.3) is 0 Å². The van der Waals surface area contributed by atoms with E-state index in [1.165, 1.54) is 55.3 Å². The minimum Gasteiger partial charge on any atom is -0.196 e. The van der Waals surface area contributed by atoms with E-state index >= 15 is 0 Å². The van der Waals surface area contributed by atoms with Crippen LogP contribution in [0.5, 0.6) is 0 Å². The Kier molecular flexibility index (Phi) is 11.5. The van der Waals surface area contributed by atoms with Crippen LogP contribution in [0.2, 0.25) is 13.1 Å². The van der Waals surface area contributed by atoms with E-state index in [2.05, 4.69) is 129 Å². The zero-order valence-electron chi connectivity index (χ0n) is 22.3. The second kappa shape index (κ2) is 12.8. The fourth-order valence-electron chi connectivity index (χ4n) is 3.92. The summed E-state index contributed by atoms with van der Waals surface area (Å²) >= 11 is 0. The van der Waals surface area contributed by atoms with Crippen molar-refractivity contribution in [1.29, 1.82) is 0 Å². The molecule has 4 rings (SSSR count). The van der Waals surface area contributed by atoms with Crippen LogP contribution >= 0.6 is 0 Å². The van der Waals surface area contributed by atoms with Gasteiger partial charge in [0.15, 0.2) is 0 Å². The summed E-state index contributed by atoms with van der Waals surface area (Å²) in [5, 5.41) is 2.69. The molecule has 0 aromatic heterocycles. The largest absolute Gasteiger partial charge is 0.196 e. The van der Waals surface area contributed by atoms with Gasteiger partial charge in [-0.05, 0) is 16.5 Å². The molecule has 174 valence electrons. The van der Waals surface area contributed by atoms with Crippen LogP contribution in [-0.4, -0.2) is 9.52 Å². The first kappa shape index (κ1) is 29.5. The topological polar surface area (TPSA) is 0 Å². The summed E-state index contributed by atoms with van der Waals surface area (Å²) < 4.78 is 0. The molecule has 0 spiro atoms. The second-order valence-corrected chi connectivity index (χ2v) is 10.9. The maximum atomic E-state index is 2.28. The van der Waals surface area contributed by atoms with Gasteiger partial charge in [0.1, 0.15) is 0 Å². The summed E-state index contributed by atoms with van der Waals surface area (Å²) in [6.45, 7) is 21.9. The summed E-state index contributed by atoms with van der Waals surface area (Å²) in [6.07, 6.45) is 0. The van der Waals surface area contributed by atoms with Gasteiger partial charge >= 0.3 is 0 Å². The standard InChI is InChI=1S/C20H21.C9H13.C2H6Si.Hf/c1-14-12-16-6-5-7-18(19(16)13-14)15-8-10-17(11-9-15)20(2,3)4;1-6-5-7(2)9(4)8(6)3;1-3-2;/h5-13H,1-4H3;5H,1-4H3;1-2H3;/q2*-1;;. The van der Waals surface area contributed by atoms with E-state index in [9.17, 15) is 0 Å². The molecule has 0 N–H and O–H groups in total. The summed E-state index contributed by atoms with van der Waals surface area (Å²) in [4.78, 5) is 0. The van der Waals surface area contributed by atoms with Gasteiger partial charge in [-0.1, -0.05) is 104 Å². The van der Waals surface area contributed by atoms with Gasteiger partial charge in [-0.25, -0.2) is 0 Å². The molecule has 33 heavy (non-hydrogen) atoms. The molecule has 0 amide bonds. The van der Waals surface area contributed by atoms with Crippen LogP contribution in [0.4, 0.5) is 0 Å². The molecule has 0 aliphatic carbocycles. The molecular formula is C31H40HfSi-2. The fourth-order valence-corrected chi connectivity index (χ4v) is 3.92. The van der Waals surface area contributed by atoms with Crippen molar-refractivity contribution < 1.29 is 25.8 Å². The van der Waals surface area contributed by atoms with Gasteiger partial charge < -0.3 is 0 Å². The monoisotopic (exact) mass is 620 g/mol. The second-order valence-electron chi connectivity index (χ2n) is 9.93. The minimum atomic E-state index is 0. The molecule has 0 heterocycles. The van der Waals surface area contributed by atoms with Crippen molar-refractivity contribution >= 4 is 20.3 Å². The zero-order chi connectivity index (χ0) is 24.1. The Labute approximate surface area is 224 Å². The number of hydrogen-bond donors (Lipinski definition) is 0. The number of rotatable bonds is 1. The molecule has 0 unspecified atom stereocenters. The molecule has 0 atom stereocenters. The molecular weight excluding hydrogens is 579 g/mol. The van der Waals surface area contributed by atoms with E-state index in [4.69, 9.17) is 0 Å². The van der Waals surface area contributed by atoms with Gasteiger partial charge in [-0.15, -0.1) is 34.5 Å². The molecule has 0 bridgehead atoms. The maximum Gasteiger partial charge on any atom is 0.0307 e. The van der Waals surface area contributed by atoms with Crippen LogP contribution < -0.4 is 0 Å². The average Bonchev–Trinajstić information content (AvgIpc) is 3.22. The summed E-state index contributed by atoms with van der Waals surface area (Å²) in [5.74, 6) is 0. The van der Waals surface area contributed by atoms with Crippen LogP contribution in [-0.2, 0) is 31.3 Å². The Morgan fingerprint density at radius 1 is 0.727 bits per heavy atom. The Hall–Kier alpha value is -1.51. The van der Waals surface area contributed by atoms with Crippen LogP contribution in [0.3, 0.4) is 0 Å². The van der Waals surface area contributed by atoms with Gasteiger partial charge in [0.05, 0.1) is 0 Å².